The highest BCUT2D eigenvalue weighted by atomic mass is 16.1. The Hall–Kier alpha value is -1.16. The number of hydrogen-bond donors (Lipinski definition) is 1. The third-order valence-electron chi connectivity index (χ3n) is 4.82. The lowest BCUT2D eigenvalue weighted by Crippen LogP contribution is -2.35. The van der Waals surface area contributed by atoms with Crippen LogP contribution in [-0.2, 0) is 11.2 Å². The van der Waals surface area contributed by atoms with Gasteiger partial charge in [0.15, 0.2) is 0 Å². The molecule has 0 amide bonds. The van der Waals surface area contributed by atoms with E-state index >= 15 is 0 Å². The van der Waals surface area contributed by atoms with Crippen LogP contribution in [0.1, 0.15) is 70.5 Å². The summed E-state index contributed by atoms with van der Waals surface area (Å²) in [6.07, 6.45) is 10.0. The van der Waals surface area contributed by atoms with Crippen molar-refractivity contribution in [2.75, 3.05) is 0 Å². The molecule has 1 aromatic rings. The zero-order valence-electron chi connectivity index (χ0n) is 13.4. The van der Waals surface area contributed by atoms with Crippen LogP contribution in [0, 0.1) is 5.92 Å². The number of carbonyl (C=O) groups excluding carboxylic acids is 1. The molecule has 0 bridgehead atoms. The van der Waals surface area contributed by atoms with Crippen LogP contribution in [0.25, 0.3) is 0 Å². The number of Topliss-reactive ketones (excluding diaryl/α,β-unsaturated/α-hetero) is 1. The van der Waals surface area contributed by atoms with Crippen LogP contribution in [0.2, 0.25) is 0 Å². The maximum absolute atomic E-state index is 12.5. The summed E-state index contributed by atoms with van der Waals surface area (Å²) >= 11 is 0. The van der Waals surface area contributed by atoms with Crippen LogP contribution in [0.3, 0.4) is 0 Å². The average Bonchev–Trinajstić information content (AvgIpc) is 2.80. The fourth-order valence-electron chi connectivity index (χ4n) is 3.38. The Morgan fingerprint density at radius 1 is 1.33 bits per heavy atom. The zero-order valence-corrected chi connectivity index (χ0v) is 13.4. The van der Waals surface area contributed by atoms with Crippen molar-refractivity contribution in [3.05, 3.63) is 18.0 Å². The van der Waals surface area contributed by atoms with Gasteiger partial charge in [0, 0.05) is 18.2 Å². The van der Waals surface area contributed by atoms with Gasteiger partial charge in [-0.15, -0.1) is 0 Å². The van der Waals surface area contributed by atoms with E-state index in [0.29, 0.717) is 12.5 Å². The first-order valence-electron chi connectivity index (χ1n) is 8.48. The lowest BCUT2D eigenvalue weighted by molar-refractivity contribution is -0.123. The quantitative estimate of drug-likeness (QED) is 0.818. The predicted octanol–water partition coefficient (Wildman–Crippen LogP) is 3.26. The van der Waals surface area contributed by atoms with Crippen LogP contribution in [-0.4, -0.2) is 21.6 Å². The van der Waals surface area contributed by atoms with Gasteiger partial charge in [-0.25, -0.2) is 0 Å². The third kappa shape index (κ3) is 4.16. The second-order valence-electron chi connectivity index (χ2n) is 6.31. The molecule has 2 N–H and O–H groups in total. The van der Waals surface area contributed by atoms with E-state index in [-0.39, 0.29) is 17.7 Å². The van der Waals surface area contributed by atoms with Crippen LogP contribution in [0.4, 0.5) is 0 Å². The lowest BCUT2D eigenvalue weighted by atomic mass is 9.89. The van der Waals surface area contributed by atoms with Crippen molar-refractivity contribution in [3.8, 4) is 0 Å². The fourth-order valence-corrected chi connectivity index (χ4v) is 3.38. The topological polar surface area (TPSA) is 60.9 Å². The van der Waals surface area contributed by atoms with Crippen molar-refractivity contribution in [3.63, 3.8) is 0 Å². The molecule has 1 saturated carbocycles. The van der Waals surface area contributed by atoms with Gasteiger partial charge in [-0.3, -0.25) is 9.48 Å². The average molecular weight is 291 g/mol. The molecule has 4 heteroatoms. The molecule has 21 heavy (non-hydrogen) atoms. The van der Waals surface area contributed by atoms with Gasteiger partial charge < -0.3 is 5.73 Å². The van der Waals surface area contributed by atoms with Gasteiger partial charge in [0.2, 0.25) is 0 Å². The molecule has 0 spiro atoms. The maximum atomic E-state index is 12.5. The molecule has 2 atom stereocenters. The van der Waals surface area contributed by atoms with Crippen LogP contribution < -0.4 is 5.73 Å². The van der Waals surface area contributed by atoms with Crippen molar-refractivity contribution >= 4 is 5.78 Å². The van der Waals surface area contributed by atoms with Gasteiger partial charge in [-0.2, -0.15) is 5.10 Å². The second kappa shape index (κ2) is 7.74. The van der Waals surface area contributed by atoms with Crippen LogP contribution >= 0.6 is 0 Å². The predicted molar refractivity (Wildman–Crippen MR) is 85.1 cm³/mol. The Morgan fingerprint density at radius 3 is 2.76 bits per heavy atom. The van der Waals surface area contributed by atoms with Crippen LogP contribution in [0.5, 0.6) is 0 Å². The SMILES string of the molecule is CCC(CC)n1ccc(CC(=O)C2CCCCCC2N)n1. The highest BCUT2D eigenvalue weighted by molar-refractivity contribution is 5.83. The Morgan fingerprint density at radius 2 is 2.05 bits per heavy atom. The monoisotopic (exact) mass is 291 g/mol. The van der Waals surface area contributed by atoms with E-state index in [0.717, 1.165) is 44.2 Å². The zero-order chi connectivity index (χ0) is 15.2. The van der Waals surface area contributed by atoms with E-state index in [1.165, 1.54) is 6.42 Å². The number of aromatic nitrogens is 2. The number of nitrogens with two attached hydrogens (primary N) is 1. The molecule has 0 radical (unpaired) electrons. The number of hydrogen-bond acceptors (Lipinski definition) is 3. The van der Waals surface area contributed by atoms with Crippen molar-refractivity contribution in [1.29, 1.82) is 0 Å². The molecule has 2 unspecified atom stereocenters. The van der Waals surface area contributed by atoms with E-state index in [2.05, 4.69) is 18.9 Å². The molecule has 1 aromatic heterocycles. The summed E-state index contributed by atoms with van der Waals surface area (Å²) in [6.45, 7) is 4.34. The highest BCUT2D eigenvalue weighted by Gasteiger charge is 2.27. The minimum atomic E-state index is 0.0331. The summed E-state index contributed by atoms with van der Waals surface area (Å²) in [5.74, 6) is 0.310. The molecule has 0 aliphatic heterocycles. The number of nitrogens with zero attached hydrogens (tertiary/aromatic N) is 2. The van der Waals surface area contributed by atoms with Gasteiger partial charge in [0.25, 0.3) is 0 Å². The summed E-state index contributed by atoms with van der Waals surface area (Å²) in [5, 5.41) is 4.59. The number of rotatable bonds is 6. The standard InChI is InChI=1S/C17H29N3O/c1-3-14(4-2)20-11-10-13(19-20)12-17(21)15-8-6-5-7-9-16(15)18/h10-11,14-16H,3-9,12,18H2,1-2H3. The van der Waals surface area contributed by atoms with Crippen molar-refractivity contribution < 1.29 is 4.79 Å². The summed E-state index contributed by atoms with van der Waals surface area (Å²) in [5.41, 5.74) is 7.08. The van der Waals surface area contributed by atoms with E-state index in [1.54, 1.807) is 0 Å². The molecule has 1 heterocycles. The third-order valence-corrected chi connectivity index (χ3v) is 4.82. The molecule has 1 fully saturated rings. The Balaban J connectivity index is 1.98. The largest absolute Gasteiger partial charge is 0.327 e. The smallest absolute Gasteiger partial charge is 0.143 e. The van der Waals surface area contributed by atoms with Crippen molar-refractivity contribution in [2.24, 2.45) is 11.7 Å². The Kier molecular flexibility index (Phi) is 5.97. The number of ketones is 1. The van der Waals surface area contributed by atoms with Gasteiger partial charge in [0.05, 0.1) is 18.2 Å². The first-order valence-corrected chi connectivity index (χ1v) is 8.48. The highest BCUT2D eigenvalue weighted by Crippen LogP contribution is 2.24. The molecular weight excluding hydrogens is 262 g/mol. The number of carbonyl (C=O) groups is 1. The van der Waals surface area contributed by atoms with E-state index in [1.807, 2.05) is 16.9 Å². The van der Waals surface area contributed by atoms with Crippen LogP contribution in [0.15, 0.2) is 12.3 Å². The Bertz CT molecular complexity index is 451. The van der Waals surface area contributed by atoms with Crippen molar-refractivity contribution in [1.82, 2.24) is 9.78 Å². The summed E-state index contributed by atoms with van der Waals surface area (Å²) in [7, 11) is 0. The van der Waals surface area contributed by atoms with Gasteiger partial charge in [-0.1, -0.05) is 33.1 Å². The van der Waals surface area contributed by atoms with Crippen molar-refractivity contribution in [2.45, 2.75) is 77.3 Å². The summed E-state index contributed by atoms with van der Waals surface area (Å²) < 4.78 is 2.01. The molecule has 0 aromatic carbocycles. The molecule has 0 saturated heterocycles. The maximum Gasteiger partial charge on any atom is 0.143 e. The van der Waals surface area contributed by atoms with Gasteiger partial charge in [-0.05, 0) is 31.7 Å². The molecular formula is C17H29N3O. The second-order valence-corrected chi connectivity index (χ2v) is 6.31. The van der Waals surface area contributed by atoms with E-state index in [4.69, 9.17) is 5.73 Å². The Labute approximate surface area is 128 Å². The minimum absolute atomic E-state index is 0.0331. The fraction of sp³-hybridized carbons (Fsp3) is 0.765. The van der Waals surface area contributed by atoms with E-state index in [9.17, 15) is 4.79 Å². The summed E-state index contributed by atoms with van der Waals surface area (Å²) in [6, 6.07) is 2.47. The normalized spacial score (nSPS) is 23.2. The van der Waals surface area contributed by atoms with Gasteiger partial charge >= 0.3 is 0 Å². The minimum Gasteiger partial charge on any atom is -0.327 e. The first-order chi connectivity index (χ1) is 10.2. The molecule has 118 valence electrons. The molecule has 4 nitrogen and oxygen atoms in total. The first kappa shape index (κ1) is 16.2. The van der Waals surface area contributed by atoms with Gasteiger partial charge in [0.1, 0.15) is 5.78 Å². The lowest BCUT2D eigenvalue weighted by Gasteiger charge is -2.19. The molecule has 1 aliphatic carbocycles. The van der Waals surface area contributed by atoms with E-state index < -0.39 is 0 Å². The summed E-state index contributed by atoms with van der Waals surface area (Å²) in [4.78, 5) is 12.5. The molecule has 2 rings (SSSR count). The molecule has 1 aliphatic rings.